The fraction of sp³-hybridized carbons (Fsp3) is 0.300. The third-order valence-corrected chi connectivity index (χ3v) is 2.16. The second-order valence-electron chi connectivity index (χ2n) is 3.49. The van der Waals surface area contributed by atoms with Gasteiger partial charge in [-0.3, -0.25) is 0 Å². The molecule has 1 rings (SSSR count). The minimum atomic E-state index is -0.817. The van der Waals surface area contributed by atoms with Gasteiger partial charge in [0.15, 0.2) is 0 Å². The topological polar surface area (TPSA) is 96.1 Å². The van der Waals surface area contributed by atoms with E-state index in [-0.39, 0.29) is 6.61 Å². The number of aliphatic hydroxyl groups excluding tert-OH is 1. The summed E-state index contributed by atoms with van der Waals surface area (Å²) < 4.78 is 0. The summed E-state index contributed by atoms with van der Waals surface area (Å²) in [5.41, 5.74) is 12.1. The number of aliphatic hydroxyl groups is 1. The molecule has 0 aliphatic rings. The zero-order valence-electron chi connectivity index (χ0n) is 7.99. The maximum atomic E-state index is 9.03. The Morgan fingerprint density at radius 3 is 2.64 bits per heavy atom. The monoisotopic (exact) mass is 191 g/mol. The first kappa shape index (κ1) is 10.5. The van der Waals surface area contributed by atoms with Crippen LogP contribution in [-0.4, -0.2) is 11.7 Å². The summed E-state index contributed by atoms with van der Waals surface area (Å²) in [4.78, 5) is 0. The van der Waals surface area contributed by atoms with E-state index >= 15 is 0 Å². The van der Waals surface area contributed by atoms with Gasteiger partial charge in [0, 0.05) is 5.69 Å². The van der Waals surface area contributed by atoms with Gasteiger partial charge in [0.25, 0.3) is 0 Å². The Morgan fingerprint density at radius 2 is 2.21 bits per heavy atom. The van der Waals surface area contributed by atoms with E-state index in [1.165, 1.54) is 0 Å². The zero-order valence-corrected chi connectivity index (χ0v) is 7.99. The minimum absolute atomic E-state index is 0.168. The number of hydrogen-bond acceptors (Lipinski definition) is 4. The van der Waals surface area contributed by atoms with E-state index in [1.54, 1.807) is 25.1 Å². The van der Waals surface area contributed by atoms with Gasteiger partial charge in [0.05, 0.1) is 17.7 Å². The third kappa shape index (κ3) is 1.84. The highest BCUT2D eigenvalue weighted by Gasteiger charge is 2.20. The van der Waals surface area contributed by atoms with Crippen LogP contribution in [0.2, 0.25) is 0 Å². The Kier molecular flexibility index (Phi) is 2.75. The highest BCUT2D eigenvalue weighted by molar-refractivity contribution is 5.56. The summed E-state index contributed by atoms with van der Waals surface area (Å²) in [6, 6.07) is 6.89. The first-order chi connectivity index (χ1) is 6.51. The van der Waals surface area contributed by atoms with Crippen molar-refractivity contribution in [3.8, 4) is 6.07 Å². The average molecular weight is 191 g/mol. The third-order valence-electron chi connectivity index (χ3n) is 2.16. The molecule has 0 saturated heterocycles. The second kappa shape index (κ2) is 3.66. The molecular formula is C10H13N3O. The van der Waals surface area contributed by atoms with E-state index in [2.05, 4.69) is 0 Å². The molecule has 4 heteroatoms. The van der Waals surface area contributed by atoms with Gasteiger partial charge in [-0.1, -0.05) is 6.07 Å². The SMILES string of the molecule is C[C@](N)(CO)c1ccc(C#N)c(N)c1. The van der Waals surface area contributed by atoms with Crippen LogP contribution >= 0.6 is 0 Å². The molecule has 0 bridgehead atoms. The van der Waals surface area contributed by atoms with Crippen LogP contribution in [0.5, 0.6) is 0 Å². The average Bonchev–Trinajstić information content (AvgIpc) is 2.17. The first-order valence-electron chi connectivity index (χ1n) is 4.21. The maximum Gasteiger partial charge on any atom is 0.101 e. The predicted octanol–water partition coefficient (Wildman–Crippen LogP) is 0.307. The number of nitrogens with two attached hydrogens (primary N) is 2. The van der Waals surface area contributed by atoms with Crippen LogP contribution in [0.25, 0.3) is 0 Å². The van der Waals surface area contributed by atoms with Crippen LogP contribution in [0.4, 0.5) is 5.69 Å². The van der Waals surface area contributed by atoms with E-state index < -0.39 is 5.54 Å². The number of nitrogen functional groups attached to an aromatic ring is 1. The first-order valence-corrected chi connectivity index (χ1v) is 4.21. The molecule has 0 radical (unpaired) electrons. The van der Waals surface area contributed by atoms with Crippen molar-refractivity contribution in [2.45, 2.75) is 12.5 Å². The summed E-state index contributed by atoms with van der Waals surface area (Å²) >= 11 is 0. The Labute approximate surface area is 82.8 Å². The highest BCUT2D eigenvalue weighted by Crippen LogP contribution is 2.21. The quantitative estimate of drug-likeness (QED) is 0.586. The lowest BCUT2D eigenvalue weighted by molar-refractivity contribution is 0.210. The molecule has 1 aromatic carbocycles. The molecule has 0 heterocycles. The van der Waals surface area contributed by atoms with Gasteiger partial charge in [-0.15, -0.1) is 0 Å². The molecule has 4 nitrogen and oxygen atoms in total. The summed E-state index contributed by atoms with van der Waals surface area (Å²) in [7, 11) is 0. The normalized spacial score (nSPS) is 14.4. The van der Waals surface area contributed by atoms with Crippen LogP contribution in [0.15, 0.2) is 18.2 Å². The summed E-state index contributed by atoms with van der Waals surface area (Å²) in [5.74, 6) is 0. The number of benzene rings is 1. The lowest BCUT2D eigenvalue weighted by Crippen LogP contribution is -2.36. The smallest absolute Gasteiger partial charge is 0.101 e. The molecule has 0 aliphatic carbocycles. The Morgan fingerprint density at radius 1 is 1.57 bits per heavy atom. The van der Waals surface area contributed by atoms with Crippen LogP contribution in [0, 0.1) is 11.3 Å². The lowest BCUT2D eigenvalue weighted by Gasteiger charge is -2.22. The van der Waals surface area contributed by atoms with Crippen molar-refractivity contribution in [3.63, 3.8) is 0 Å². The Balaban J connectivity index is 3.17. The van der Waals surface area contributed by atoms with Gasteiger partial charge in [-0.2, -0.15) is 5.26 Å². The van der Waals surface area contributed by atoms with E-state index in [9.17, 15) is 0 Å². The predicted molar refractivity (Wildman–Crippen MR) is 54.2 cm³/mol. The standard InChI is InChI=1S/C10H13N3O/c1-10(13,6-14)8-3-2-7(5-11)9(12)4-8/h2-4,14H,6,12-13H2,1H3/t10-/m0/s1. The molecule has 0 aliphatic heterocycles. The van der Waals surface area contributed by atoms with E-state index in [1.807, 2.05) is 6.07 Å². The van der Waals surface area contributed by atoms with Gasteiger partial charge < -0.3 is 16.6 Å². The van der Waals surface area contributed by atoms with Crippen molar-refractivity contribution in [2.24, 2.45) is 5.73 Å². The zero-order chi connectivity index (χ0) is 10.8. The molecule has 0 unspecified atom stereocenters. The van der Waals surface area contributed by atoms with Crippen molar-refractivity contribution < 1.29 is 5.11 Å². The number of hydrogen-bond donors (Lipinski definition) is 3. The van der Waals surface area contributed by atoms with Gasteiger partial charge in [0.2, 0.25) is 0 Å². The molecule has 0 fully saturated rings. The molecular weight excluding hydrogens is 178 g/mol. The number of rotatable bonds is 2. The van der Waals surface area contributed by atoms with Gasteiger partial charge in [-0.05, 0) is 24.6 Å². The molecule has 14 heavy (non-hydrogen) atoms. The van der Waals surface area contributed by atoms with Crippen molar-refractivity contribution in [1.29, 1.82) is 5.26 Å². The van der Waals surface area contributed by atoms with Gasteiger partial charge >= 0.3 is 0 Å². The van der Waals surface area contributed by atoms with Crippen LogP contribution in [0.3, 0.4) is 0 Å². The molecule has 74 valence electrons. The van der Waals surface area contributed by atoms with E-state index in [0.717, 1.165) is 5.56 Å². The van der Waals surface area contributed by atoms with Crippen LogP contribution < -0.4 is 11.5 Å². The van der Waals surface area contributed by atoms with Crippen molar-refractivity contribution in [2.75, 3.05) is 12.3 Å². The van der Waals surface area contributed by atoms with Crippen molar-refractivity contribution in [1.82, 2.24) is 0 Å². The van der Waals surface area contributed by atoms with E-state index in [0.29, 0.717) is 11.3 Å². The number of anilines is 1. The highest BCUT2D eigenvalue weighted by atomic mass is 16.3. The Hall–Kier alpha value is -1.57. The minimum Gasteiger partial charge on any atom is -0.398 e. The van der Waals surface area contributed by atoms with Crippen LogP contribution in [0.1, 0.15) is 18.1 Å². The van der Waals surface area contributed by atoms with Gasteiger partial charge in [-0.25, -0.2) is 0 Å². The lowest BCUT2D eigenvalue weighted by atomic mass is 9.93. The molecule has 5 N–H and O–H groups in total. The summed E-state index contributed by atoms with van der Waals surface area (Å²) in [6.45, 7) is 1.53. The second-order valence-corrected chi connectivity index (χ2v) is 3.49. The maximum absolute atomic E-state index is 9.03. The Bertz CT molecular complexity index is 379. The van der Waals surface area contributed by atoms with Crippen molar-refractivity contribution >= 4 is 5.69 Å². The van der Waals surface area contributed by atoms with Crippen molar-refractivity contribution in [3.05, 3.63) is 29.3 Å². The molecule has 0 spiro atoms. The fourth-order valence-electron chi connectivity index (χ4n) is 1.11. The molecule has 0 aromatic heterocycles. The number of nitrogens with zero attached hydrogens (tertiary/aromatic N) is 1. The van der Waals surface area contributed by atoms with E-state index in [4.69, 9.17) is 21.8 Å². The molecule has 0 amide bonds. The molecule has 1 aromatic rings. The van der Waals surface area contributed by atoms with Crippen LogP contribution in [-0.2, 0) is 5.54 Å². The summed E-state index contributed by atoms with van der Waals surface area (Å²) in [6.07, 6.45) is 0. The fourth-order valence-corrected chi connectivity index (χ4v) is 1.11. The molecule has 1 atom stereocenters. The molecule has 0 saturated carbocycles. The number of nitriles is 1. The largest absolute Gasteiger partial charge is 0.398 e. The summed E-state index contributed by atoms with van der Waals surface area (Å²) in [5, 5.41) is 17.7. The van der Waals surface area contributed by atoms with Gasteiger partial charge in [0.1, 0.15) is 6.07 Å².